The first kappa shape index (κ1) is 27.5. The Morgan fingerprint density at radius 2 is 1.72 bits per heavy atom. The monoisotopic (exact) mass is 528 g/mol. The van der Waals surface area contributed by atoms with E-state index in [2.05, 4.69) is 4.72 Å². The molecule has 2 aliphatic rings. The standard InChI is InChI=1S/C25H36BF3N2O4S/c1-23(2,3)14-31-13-17(21(22(28)29)30-36(32,33)15-9-8-10-15)16-11-19(27)18(12-20(16)31)26-34-24(4,5)25(6,7)35-26/h11-13,15,21-22,30H,8-10,14H2,1-7H3. The number of sulfonamides is 1. The van der Waals surface area contributed by atoms with E-state index >= 15 is 4.39 Å². The van der Waals surface area contributed by atoms with Gasteiger partial charge in [-0.25, -0.2) is 26.3 Å². The van der Waals surface area contributed by atoms with E-state index in [9.17, 15) is 17.2 Å². The van der Waals surface area contributed by atoms with Gasteiger partial charge in [-0.2, -0.15) is 0 Å². The smallest absolute Gasteiger partial charge is 0.399 e. The Labute approximate surface area is 212 Å². The molecule has 4 rings (SSSR count). The average molecular weight is 528 g/mol. The van der Waals surface area contributed by atoms with Gasteiger partial charge in [0.25, 0.3) is 6.43 Å². The van der Waals surface area contributed by atoms with Gasteiger partial charge in [-0.1, -0.05) is 27.2 Å². The summed E-state index contributed by atoms with van der Waals surface area (Å²) in [5, 5.41) is -0.438. The second kappa shape index (κ2) is 9.03. The number of fused-ring (bicyclic) bond motifs is 1. The summed E-state index contributed by atoms with van der Waals surface area (Å²) in [5.41, 5.74) is -0.861. The van der Waals surface area contributed by atoms with Crippen molar-refractivity contribution < 1.29 is 30.9 Å². The molecule has 1 atom stereocenters. The molecular formula is C25H36BF3N2O4S. The van der Waals surface area contributed by atoms with E-state index in [1.165, 1.54) is 12.3 Å². The first-order valence-electron chi connectivity index (χ1n) is 12.4. The van der Waals surface area contributed by atoms with E-state index < -0.39 is 51.9 Å². The zero-order chi connectivity index (χ0) is 26.8. The zero-order valence-corrected chi connectivity index (χ0v) is 22.8. The van der Waals surface area contributed by atoms with Crippen molar-refractivity contribution in [2.24, 2.45) is 5.41 Å². The predicted molar refractivity (Wildman–Crippen MR) is 136 cm³/mol. The molecule has 36 heavy (non-hydrogen) atoms. The molecule has 1 aromatic carbocycles. The molecule has 1 N–H and O–H groups in total. The van der Waals surface area contributed by atoms with Gasteiger partial charge < -0.3 is 13.9 Å². The van der Waals surface area contributed by atoms with Crippen molar-refractivity contribution in [2.45, 2.75) is 103 Å². The van der Waals surface area contributed by atoms with Gasteiger partial charge in [0.1, 0.15) is 11.9 Å². The molecule has 11 heteroatoms. The number of nitrogens with zero attached hydrogens (tertiary/aromatic N) is 1. The Kier molecular flexibility index (Phi) is 6.89. The molecule has 1 aromatic heterocycles. The molecule has 6 nitrogen and oxygen atoms in total. The molecule has 1 saturated heterocycles. The van der Waals surface area contributed by atoms with Gasteiger partial charge in [-0.15, -0.1) is 0 Å². The van der Waals surface area contributed by atoms with Gasteiger partial charge in [0.05, 0.1) is 16.5 Å². The summed E-state index contributed by atoms with van der Waals surface area (Å²) in [6, 6.07) is 0.976. The van der Waals surface area contributed by atoms with Crippen LogP contribution in [0.1, 0.15) is 79.3 Å². The minimum Gasteiger partial charge on any atom is -0.399 e. The molecule has 1 saturated carbocycles. The SMILES string of the molecule is CC(C)(C)Cn1cc(C(NS(=O)(=O)C2CCC2)C(F)F)c2cc(F)c(B3OC(C)(C)C(C)(C)O3)cc21. The Balaban J connectivity index is 1.83. The third-order valence-electron chi connectivity index (χ3n) is 7.55. The highest BCUT2D eigenvalue weighted by Crippen LogP contribution is 2.38. The van der Waals surface area contributed by atoms with Crippen molar-refractivity contribution in [1.29, 1.82) is 0 Å². The molecule has 0 spiro atoms. The summed E-state index contributed by atoms with van der Waals surface area (Å²) in [6.07, 6.45) is 0.151. The van der Waals surface area contributed by atoms with Crippen molar-refractivity contribution >= 4 is 33.5 Å². The van der Waals surface area contributed by atoms with Gasteiger partial charge in [0.15, 0.2) is 0 Å². The highest BCUT2D eigenvalue weighted by atomic mass is 32.2. The number of benzene rings is 1. The first-order valence-corrected chi connectivity index (χ1v) is 13.9. The quantitative estimate of drug-likeness (QED) is 0.519. The summed E-state index contributed by atoms with van der Waals surface area (Å²) in [7, 11) is -4.91. The third-order valence-corrected chi connectivity index (χ3v) is 9.48. The Bertz CT molecular complexity index is 1230. The van der Waals surface area contributed by atoms with Crippen molar-refractivity contribution in [3.63, 3.8) is 0 Å². The molecule has 1 aliphatic heterocycles. The lowest BCUT2D eigenvalue weighted by atomic mass is 9.78. The van der Waals surface area contributed by atoms with Crippen LogP contribution in [-0.4, -0.2) is 43.0 Å². The average Bonchev–Trinajstić information content (AvgIpc) is 3.08. The fraction of sp³-hybridized carbons (Fsp3) is 0.680. The lowest BCUT2D eigenvalue weighted by Gasteiger charge is -2.32. The lowest BCUT2D eigenvalue weighted by Crippen LogP contribution is -2.42. The number of nitrogens with one attached hydrogen (secondary N) is 1. The zero-order valence-electron chi connectivity index (χ0n) is 22.0. The molecule has 0 amide bonds. The van der Waals surface area contributed by atoms with E-state index in [-0.39, 0.29) is 21.8 Å². The third kappa shape index (κ3) is 5.08. The van der Waals surface area contributed by atoms with Crippen LogP contribution >= 0.6 is 0 Å². The Morgan fingerprint density at radius 3 is 2.19 bits per heavy atom. The van der Waals surface area contributed by atoms with Crippen molar-refractivity contribution in [3.8, 4) is 0 Å². The number of aromatic nitrogens is 1. The maximum atomic E-state index is 15.5. The van der Waals surface area contributed by atoms with Crippen LogP contribution < -0.4 is 10.2 Å². The van der Waals surface area contributed by atoms with E-state index in [0.717, 1.165) is 6.42 Å². The maximum absolute atomic E-state index is 15.5. The number of halogens is 3. The molecule has 200 valence electrons. The van der Waals surface area contributed by atoms with Gasteiger partial charge in [0, 0.05) is 34.7 Å². The number of rotatable bonds is 7. The summed E-state index contributed by atoms with van der Waals surface area (Å²) in [6.45, 7) is 13.9. The largest absolute Gasteiger partial charge is 0.497 e. The number of hydrogen-bond acceptors (Lipinski definition) is 4. The fourth-order valence-corrected chi connectivity index (χ4v) is 6.33. The van der Waals surface area contributed by atoms with Crippen molar-refractivity contribution in [3.05, 3.63) is 29.7 Å². The van der Waals surface area contributed by atoms with Crippen LogP contribution in [0.4, 0.5) is 13.2 Å². The molecular weight excluding hydrogens is 492 g/mol. The van der Waals surface area contributed by atoms with Crippen LogP contribution in [0.3, 0.4) is 0 Å². The molecule has 2 fully saturated rings. The van der Waals surface area contributed by atoms with E-state index in [0.29, 0.717) is 24.9 Å². The van der Waals surface area contributed by atoms with Gasteiger partial charge in [-0.3, -0.25) is 0 Å². The second-order valence-corrected chi connectivity index (χ2v) is 14.3. The highest BCUT2D eigenvalue weighted by Gasteiger charge is 2.52. The normalized spacial score (nSPS) is 21.4. The van der Waals surface area contributed by atoms with Gasteiger partial charge in [-0.05, 0) is 58.1 Å². The lowest BCUT2D eigenvalue weighted by molar-refractivity contribution is 0.00578. The maximum Gasteiger partial charge on any atom is 0.497 e. The first-order chi connectivity index (χ1) is 16.4. The molecule has 0 bridgehead atoms. The molecule has 1 unspecified atom stereocenters. The van der Waals surface area contributed by atoms with E-state index in [4.69, 9.17) is 9.31 Å². The van der Waals surface area contributed by atoms with Crippen LogP contribution in [0.2, 0.25) is 0 Å². The highest BCUT2D eigenvalue weighted by molar-refractivity contribution is 7.90. The van der Waals surface area contributed by atoms with Gasteiger partial charge >= 0.3 is 7.12 Å². The minimum absolute atomic E-state index is 0.0477. The minimum atomic E-state index is -3.94. The molecule has 1 aliphatic carbocycles. The fourth-order valence-electron chi connectivity index (χ4n) is 4.60. The Morgan fingerprint density at radius 1 is 1.14 bits per heavy atom. The molecule has 0 radical (unpaired) electrons. The van der Waals surface area contributed by atoms with Crippen LogP contribution in [0.15, 0.2) is 18.3 Å². The van der Waals surface area contributed by atoms with Crippen molar-refractivity contribution in [2.75, 3.05) is 0 Å². The van der Waals surface area contributed by atoms with Crippen molar-refractivity contribution in [1.82, 2.24) is 9.29 Å². The predicted octanol–water partition coefficient (Wildman–Crippen LogP) is 4.90. The second-order valence-electron chi connectivity index (χ2n) is 12.3. The van der Waals surface area contributed by atoms with E-state index in [1.54, 1.807) is 10.6 Å². The number of hydrogen-bond donors (Lipinski definition) is 1. The number of alkyl halides is 2. The summed E-state index contributed by atoms with van der Waals surface area (Å²) < 4.78 is 85.7. The summed E-state index contributed by atoms with van der Waals surface area (Å²) >= 11 is 0. The van der Waals surface area contributed by atoms with Crippen LogP contribution in [0.5, 0.6) is 0 Å². The molecule has 2 aromatic rings. The Hall–Kier alpha value is -1.56. The summed E-state index contributed by atoms with van der Waals surface area (Å²) in [4.78, 5) is 0. The van der Waals surface area contributed by atoms with E-state index in [1.807, 2.05) is 48.5 Å². The van der Waals surface area contributed by atoms with Crippen LogP contribution in [-0.2, 0) is 25.9 Å². The van der Waals surface area contributed by atoms with Gasteiger partial charge in [0.2, 0.25) is 10.0 Å². The van der Waals surface area contributed by atoms with Crippen LogP contribution in [0.25, 0.3) is 10.9 Å². The topological polar surface area (TPSA) is 69.6 Å². The summed E-state index contributed by atoms with van der Waals surface area (Å²) in [5.74, 6) is -0.661. The molecule has 2 heterocycles. The van der Waals surface area contributed by atoms with Crippen LogP contribution in [0, 0.1) is 11.2 Å².